The van der Waals surface area contributed by atoms with Crippen LogP contribution in [0.15, 0.2) is 77.8 Å². The van der Waals surface area contributed by atoms with E-state index < -0.39 is 12.1 Å². The Balaban J connectivity index is 1.69. The van der Waals surface area contributed by atoms with Gasteiger partial charge in [0.1, 0.15) is 6.04 Å². The Bertz CT molecular complexity index is 1460. The highest BCUT2D eigenvalue weighted by Gasteiger charge is 2.32. The highest BCUT2D eigenvalue weighted by Crippen LogP contribution is 2.19. The van der Waals surface area contributed by atoms with E-state index in [4.69, 9.17) is 23.1 Å². The van der Waals surface area contributed by atoms with Crippen molar-refractivity contribution in [3.8, 4) is 0 Å². The molecule has 2 unspecified atom stereocenters. The molecule has 0 aliphatic rings. The van der Waals surface area contributed by atoms with Crippen LogP contribution in [0.3, 0.4) is 0 Å². The third kappa shape index (κ3) is 10.7. The second-order valence-electron chi connectivity index (χ2n) is 10.3. The summed E-state index contributed by atoms with van der Waals surface area (Å²) >= 11 is 5.91. The van der Waals surface area contributed by atoms with Crippen LogP contribution in [0.5, 0.6) is 0 Å². The number of hydrogen-bond acceptors (Lipinski definition) is 5. The van der Waals surface area contributed by atoms with Gasteiger partial charge >= 0.3 is 0 Å². The van der Waals surface area contributed by atoms with Crippen LogP contribution in [0.1, 0.15) is 30.9 Å². The number of nitrogens with zero attached hydrogens (tertiary/aromatic N) is 2. The van der Waals surface area contributed by atoms with Crippen molar-refractivity contribution in [3.63, 3.8) is 0 Å². The van der Waals surface area contributed by atoms with Crippen LogP contribution in [0, 0.1) is 0 Å². The van der Waals surface area contributed by atoms with E-state index in [0.717, 1.165) is 21.9 Å². The zero-order valence-corrected chi connectivity index (χ0v) is 26.0. The number of nitrogens with two attached hydrogens (primary N) is 2. The van der Waals surface area contributed by atoms with Gasteiger partial charge < -0.3 is 32.3 Å². The molecule has 0 aromatic heterocycles. The van der Waals surface area contributed by atoms with E-state index in [1.54, 1.807) is 30.2 Å². The van der Waals surface area contributed by atoms with E-state index in [0.29, 0.717) is 50.5 Å². The summed E-state index contributed by atoms with van der Waals surface area (Å²) in [6, 6.07) is 19.9. The summed E-state index contributed by atoms with van der Waals surface area (Å²) in [7, 11) is 1.57. The zero-order valence-electron chi connectivity index (χ0n) is 25.3. The Labute approximate surface area is 263 Å². The summed E-state index contributed by atoms with van der Waals surface area (Å²) in [5, 5.41) is 11.6. The number of amides is 3. The molecule has 2 atom stereocenters. The Morgan fingerprint density at radius 1 is 1.00 bits per heavy atom. The molecule has 0 saturated carbocycles. The van der Waals surface area contributed by atoms with Crippen LogP contribution in [0.4, 0.5) is 0 Å². The van der Waals surface area contributed by atoms with Crippen molar-refractivity contribution < 1.29 is 14.4 Å². The van der Waals surface area contributed by atoms with Gasteiger partial charge in [0.25, 0.3) is 0 Å². The number of hydrogen-bond donors (Lipinski definition) is 5. The molecule has 0 aliphatic heterocycles. The molecule has 3 aromatic rings. The van der Waals surface area contributed by atoms with Crippen molar-refractivity contribution >= 4 is 52.1 Å². The lowest BCUT2D eigenvalue weighted by molar-refractivity contribution is -0.141. The summed E-state index contributed by atoms with van der Waals surface area (Å²) in [6.07, 6.45) is 4.49. The van der Waals surface area contributed by atoms with Gasteiger partial charge in [0.2, 0.25) is 17.7 Å². The molecule has 3 aromatic carbocycles. The Hall–Kier alpha value is -4.41. The van der Waals surface area contributed by atoms with Crippen LogP contribution in [0.25, 0.3) is 16.8 Å². The quantitative estimate of drug-likeness (QED) is 0.0719. The molecule has 44 heavy (non-hydrogen) atoms. The minimum absolute atomic E-state index is 0.0135. The fourth-order valence-electron chi connectivity index (χ4n) is 4.88. The lowest BCUT2D eigenvalue weighted by Gasteiger charge is -2.33. The third-order valence-electron chi connectivity index (χ3n) is 7.15. The highest BCUT2D eigenvalue weighted by atomic mass is 35.5. The molecule has 0 bridgehead atoms. The van der Waals surface area contributed by atoms with E-state index in [1.807, 2.05) is 55.5 Å². The molecule has 3 rings (SSSR count). The first-order valence-electron chi connectivity index (χ1n) is 14.7. The standard InChI is InChI=1S/C33H42ClN7O3/c1-3-41(29(31(43)37-2)22-24-10-14-25-7-4-5-8-26(25)21-24)32(44)28(9-6-18-40-33(35)36)38-19-20-39-30(42)17-13-23-11-15-27(34)16-12-23/h4-5,7-8,10-17,21,28-29,38H,3,6,9,18-20,22H2,1-2H3,(H,37,43)(H,39,42)(H4,35,36,40)/b17-13+. The fourth-order valence-corrected chi connectivity index (χ4v) is 5.01. The first-order chi connectivity index (χ1) is 21.2. The molecule has 0 radical (unpaired) electrons. The summed E-state index contributed by atoms with van der Waals surface area (Å²) < 4.78 is 0. The van der Waals surface area contributed by atoms with Gasteiger partial charge in [-0.05, 0) is 59.9 Å². The normalized spacial score (nSPS) is 12.4. The van der Waals surface area contributed by atoms with Crippen molar-refractivity contribution in [2.45, 2.75) is 38.3 Å². The molecule has 0 fully saturated rings. The third-order valence-corrected chi connectivity index (χ3v) is 7.40. The van der Waals surface area contributed by atoms with Gasteiger partial charge in [-0.25, -0.2) is 0 Å². The minimum Gasteiger partial charge on any atom is -0.370 e. The number of benzene rings is 3. The Morgan fingerprint density at radius 3 is 2.41 bits per heavy atom. The summed E-state index contributed by atoms with van der Waals surface area (Å²) in [5.74, 6) is -0.726. The second kappa shape index (κ2) is 17.6. The maximum Gasteiger partial charge on any atom is 0.244 e. The molecule has 0 aliphatic carbocycles. The zero-order chi connectivity index (χ0) is 31.9. The predicted octanol–water partition coefficient (Wildman–Crippen LogP) is 2.84. The van der Waals surface area contributed by atoms with Gasteiger partial charge in [0, 0.05) is 50.7 Å². The lowest BCUT2D eigenvalue weighted by atomic mass is 9.99. The summed E-state index contributed by atoms with van der Waals surface area (Å²) in [4.78, 5) is 45.1. The summed E-state index contributed by atoms with van der Waals surface area (Å²) in [6.45, 7) is 3.19. The van der Waals surface area contributed by atoms with Crippen LogP contribution < -0.4 is 27.4 Å². The Morgan fingerprint density at radius 2 is 1.73 bits per heavy atom. The number of fused-ring (bicyclic) bond motifs is 1. The van der Waals surface area contributed by atoms with Gasteiger partial charge in [-0.2, -0.15) is 0 Å². The molecular weight excluding hydrogens is 578 g/mol. The van der Waals surface area contributed by atoms with Gasteiger partial charge in [-0.15, -0.1) is 0 Å². The molecule has 0 spiro atoms. The van der Waals surface area contributed by atoms with E-state index in [9.17, 15) is 14.4 Å². The second-order valence-corrected chi connectivity index (χ2v) is 10.7. The number of nitrogens with one attached hydrogen (secondary N) is 3. The minimum atomic E-state index is -0.710. The predicted molar refractivity (Wildman–Crippen MR) is 178 cm³/mol. The number of aliphatic imine (C=N–C) groups is 1. The number of carbonyl (C=O) groups is 3. The average molecular weight is 620 g/mol. The monoisotopic (exact) mass is 619 g/mol. The smallest absolute Gasteiger partial charge is 0.244 e. The van der Waals surface area contributed by atoms with E-state index >= 15 is 0 Å². The van der Waals surface area contributed by atoms with E-state index in [1.165, 1.54) is 6.08 Å². The molecule has 7 N–H and O–H groups in total. The number of carbonyl (C=O) groups excluding carboxylic acids is 3. The van der Waals surface area contributed by atoms with Crippen LogP contribution >= 0.6 is 11.6 Å². The summed E-state index contributed by atoms with van der Waals surface area (Å²) in [5.41, 5.74) is 12.7. The van der Waals surface area contributed by atoms with Crippen molar-refractivity contribution in [2.75, 3.05) is 33.2 Å². The first-order valence-corrected chi connectivity index (χ1v) is 15.1. The topological polar surface area (TPSA) is 155 Å². The lowest BCUT2D eigenvalue weighted by Crippen LogP contribution is -2.56. The molecule has 0 saturated heterocycles. The van der Waals surface area contributed by atoms with E-state index in [2.05, 4.69) is 27.0 Å². The average Bonchev–Trinajstić information content (AvgIpc) is 3.02. The molecule has 10 nitrogen and oxygen atoms in total. The van der Waals surface area contributed by atoms with Crippen LogP contribution in [-0.2, 0) is 20.8 Å². The van der Waals surface area contributed by atoms with Gasteiger partial charge in [0.05, 0.1) is 6.04 Å². The van der Waals surface area contributed by atoms with Crippen molar-refractivity contribution in [3.05, 3.63) is 89.0 Å². The molecular formula is C33H42ClN7O3. The molecule has 11 heteroatoms. The number of likely N-dealkylation sites (N-methyl/N-ethyl adjacent to an activating group) is 2. The van der Waals surface area contributed by atoms with Gasteiger partial charge in [-0.1, -0.05) is 66.2 Å². The fraction of sp³-hybridized carbons (Fsp3) is 0.333. The maximum absolute atomic E-state index is 14.0. The van der Waals surface area contributed by atoms with Crippen molar-refractivity contribution in [1.82, 2.24) is 20.9 Å². The van der Waals surface area contributed by atoms with Gasteiger partial charge in [0.15, 0.2) is 5.96 Å². The SMILES string of the molecule is CCN(C(=O)C(CCCN=C(N)N)NCCNC(=O)/C=C/c1ccc(Cl)cc1)C(Cc1ccc2ccccc2c1)C(=O)NC. The maximum atomic E-state index is 14.0. The van der Waals surface area contributed by atoms with Crippen molar-refractivity contribution in [2.24, 2.45) is 16.5 Å². The number of rotatable bonds is 16. The van der Waals surface area contributed by atoms with Crippen LogP contribution in [0.2, 0.25) is 5.02 Å². The van der Waals surface area contributed by atoms with Gasteiger partial charge in [-0.3, -0.25) is 19.4 Å². The highest BCUT2D eigenvalue weighted by molar-refractivity contribution is 6.30. The molecule has 3 amide bonds. The molecule has 0 heterocycles. The van der Waals surface area contributed by atoms with Crippen LogP contribution in [-0.4, -0.2) is 73.9 Å². The molecule has 234 valence electrons. The van der Waals surface area contributed by atoms with Crippen molar-refractivity contribution in [1.29, 1.82) is 0 Å². The number of halogens is 1. The largest absolute Gasteiger partial charge is 0.370 e. The number of guanidine groups is 1. The van der Waals surface area contributed by atoms with E-state index in [-0.39, 0.29) is 23.7 Å². The Kier molecular flexibility index (Phi) is 13.7. The first kappa shape index (κ1) is 34.1.